The van der Waals surface area contributed by atoms with Crippen LogP contribution in [0, 0.1) is 18.8 Å². The van der Waals surface area contributed by atoms with E-state index in [2.05, 4.69) is 64.7 Å². The van der Waals surface area contributed by atoms with Gasteiger partial charge in [-0.2, -0.15) is 0 Å². The van der Waals surface area contributed by atoms with Gasteiger partial charge in [-0.15, -0.1) is 0 Å². The molecule has 0 bridgehead atoms. The van der Waals surface area contributed by atoms with Crippen LogP contribution < -0.4 is 10.6 Å². The Morgan fingerprint density at radius 1 is 0.950 bits per heavy atom. The zero-order valence-corrected chi connectivity index (χ0v) is 22.5. The lowest BCUT2D eigenvalue weighted by Gasteiger charge is -2.38. The molecule has 0 atom stereocenters. The molecule has 2 fully saturated rings. The van der Waals surface area contributed by atoms with Crippen LogP contribution in [0.2, 0.25) is 0 Å². The molecule has 1 aromatic carbocycles. The predicted octanol–water partition coefficient (Wildman–Crippen LogP) is 3.17. The highest BCUT2D eigenvalue weighted by atomic mass is 16.5. The standard InChI is InChI=1S/C30H32N8O2/c1-20-3-2-4-25(34-20)29-33-12-10-27(37-29)35-26-9-11-32-28(36-26)13-21-5-7-22(8-6-21)16-38-17-24(18-38)30(39)40-19-23-14-31-15-23/h2-12,23-24,31H,13-19H2,1H3,(H,32,33,35,36,37). The molecular formula is C30H32N8O2. The van der Waals surface area contributed by atoms with Gasteiger partial charge in [-0.1, -0.05) is 30.3 Å². The third-order valence-electron chi connectivity index (χ3n) is 7.14. The molecule has 0 radical (unpaired) electrons. The number of nitrogens with one attached hydrogen (secondary N) is 2. The van der Waals surface area contributed by atoms with Crippen molar-refractivity contribution in [3.05, 3.63) is 89.6 Å². The van der Waals surface area contributed by atoms with E-state index in [0.29, 0.717) is 42.2 Å². The van der Waals surface area contributed by atoms with Crippen LogP contribution in [0.1, 0.15) is 22.6 Å². The number of aromatic nitrogens is 5. The highest BCUT2D eigenvalue weighted by Crippen LogP contribution is 2.22. The summed E-state index contributed by atoms with van der Waals surface area (Å²) in [6, 6.07) is 17.9. The molecule has 4 aromatic rings. The van der Waals surface area contributed by atoms with E-state index in [4.69, 9.17) is 4.74 Å². The Hall–Kier alpha value is -4.28. The molecule has 5 heterocycles. The van der Waals surface area contributed by atoms with Crippen molar-refractivity contribution < 1.29 is 9.53 Å². The van der Waals surface area contributed by atoms with Gasteiger partial charge in [0, 0.05) is 63.2 Å². The highest BCUT2D eigenvalue weighted by Gasteiger charge is 2.34. The summed E-state index contributed by atoms with van der Waals surface area (Å²) in [5, 5.41) is 6.46. The third-order valence-corrected chi connectivity index (χ3v) is 7.14. The molecule has 2 saturated heterocycles. The van der Waals surface area contributed by atoms with E-state index >= 15 is 0 Å². The number of likely N-dealkylation sites (tertiary alicyclic amines) is 1. The van der Waals surface area contributed by atoms with Gasteiger partial charge in [0.2, 0.25) is 0 Å². The van der Waals surface area contributed by atoms with Gasteiger partial charge in [-0.25, -0.2) is 24.9 Å². The SMILES string of the molecule is Cc1cccc(-c2nccc(Nc3ccnc(Cc4ccc(CN5CC(C(=O)OCC6CNC6)C5)cc4)n3)n2)n1. The smallest absolute Gasteiger partial charge is 0.311 e. The fourth-order valence-electron chi connectivity index (χ4n) is 4.74. The van der Waals surface area contributed by atoms with Gasteiger partial charge in [-0.05, 0) is 42.3 Å². The number of aryl methyl sites for hydroxylation is 1. The number of ether oxygens (including phenoxy) is 1. The summed E-state index contributed by atoms with van der Waals surface area (Å²) < 4.78 is 5.46. The second-order valence-electron chi connectivity index (χ2n) is 10.5. The maximum absolute atomic E-state index is 12.2. The second-order valence-corrected chi connectivity index (χ2v) is 10.5. The van der Waals surface area contributed by atoms with Crippen LogP contribution in [0.25, 0.3) is 11.5 Å². The van der Waals surface area contributed by atoms with Crippen molar-refractivity contribution in [3.63, 3.8) is 0 Å². The van der Waals surface area contributed by atoms with Crippen LogP contribution in [0.15, 0.2) is 67.0 Å². The Kier molecular flexibility index (Phi) is 7.69. The van der Waals surface area contributed by atoms with E-state index in [9.17, 15) is 4.79 Å². The largest absolute Gasteiger partial charge is 0.465 e. The molecule has 0 aliphatic carbocycles. The molecule has 6 rings (SSSR count). The summed E-state index contributed by atoms with van der Waals surface area (Å²) in [5.41, 5.74) is 3.99. The van der Waals surface area contributed by atoms with Gasteiger partial charge in [0.1, 0.15) is 23.2 Å². The minimum atomic E-state index is -0.0568. The number of carbonyl (C=O) groups excluding carboxylic acids is 1. The van der Waals surface area contributed by atoms with Crippen molar-refractivity contribution >= 4 is 17.6 Å². The molecule has 0 unspecified atom stereocenters. The molecule has 2 aliphatic heterocycles. The Morgan fingerprint density at radius 2 is 1.70 bits per heavy atom. The van der Waals surface area contributed by atoms with Crippen molar-refractivity contribution in [1.82, 2.24) is 35.1 Å². The van der Waals surface area contributed by atoms with Crippen molar-refractivity contribution in [3.8, 4) is 11.5 Å². The normalized spacial score (nSPS) is 15.7. The number of hydrogen-bond donors (Lipinski definition) is 2. The number of esters is 1. The first-order chi connectivity index (χ1) is 19.6. The molecule has 0 saturated carbocycles. The van der Waals surface area contributed by atoms with E-state index in [-0.39, 0.29) is 11.9 Å². The lowest BCUT2D eigenvalue weighted by molar-refractivity contribution is -0.156. The summed E-state index contributed by atoms with van der Waals surface area (Å²) in [6.45, 7) is 6.72. The van der Waals surface area contributed by atoms with Crippen LogP contribution in [0.3, 0.4) is 0 Å². The van der Waals surface area contributed by atoms with Gasteiger partial charge in [0.05, 0.1) is 12.5 Å². The van der Waals surface area contributed by atoms with E-state index < -0.39 is 0 Å². The number of anilines is 2. The van der Waals surface area contributed by atoms with E-state index in [0.717, 1.165) is 49.7 Å². The summed E-state index contributed by atoms with van der Waals surface area (Å²) >= 11 is 0. The van der Waals surface area contributed by atoms with Crippen molar-refractivity contribution in [1.29, 1.82) is 0 Å². The predicted molar refractivity (Wildman–Crippen MR) is 151 cm³/mol. The van der Waals surface area contributed by atoms with Crippen molar-refractivity contribution in [2.45, 2.75) is 19.9 Å². The molecule has 3 aromatic heterocycles. The molecule has 0 amide bonds. The topological polar surface area (TPSA) is 118 Å². The zero-order valence-electron chi connectivity index (χ0n) is 22.5. The molecule has 2 aliphatic rings. The molecule has 10 nitrogen and oxygen atoms in total. The summed E-state index contributed by atoms with van der Waals surface area (Å²) in [4.78, 5) is 37.1. The average Bonchev–Trinajstić information content (AvgIpc) is 2.91. The Morgan fingerprint density at radius 3 is 2.45 bits per heavy atom. The second kappa shape index (κ2) is 11.8. The first-order valence-corrected chi connectivity index (χ1v) is 13.6. The molecule has 0 spiro atoms. The Bertz CT molecular complexity index is 1470. The Labute approximate surface area is 233 Å². The maximum Gasteiger partial charge on any atom is 0.311 e. The highest BCUT2D eigenvalue weighted by molar-refractivity contribution is 5.74. The molecular weight excluding hydrogens is 504 g/mol. The van der Waals surface area contributed by atoms with E-state index in [1.807, 2.05) is 31.2 Å². The van der Waals surface area contributed by atoms with E-state index in [1.165, 1.54) is 5.56 Å². The van der Waals surface area contributed by atoms with Crippen LogP contribution in [0.5, 0.6) is 0 Å². The molecule has 10 heteroatoms. The minimum absolute atomic E-state index is 0.00140. The lowest BCUT2D eigenvalue weighted by Crippen LogP contribution is -2.51. The van der Waals surface area contributed by atoms with Crippen molar-refractivity contribution in [2.75, 3.05) is 38.1 Å². The average molecular weight is 537 g/mol. The maximum atomic E-state index is 12.2. The molecule has 204 valence electrons. The first kappa shape index (κ1) is 26.0. The molecule has 40 heavy (non-hydrogen) atoms. The molecule has 2 N–H and O–H groups in total. The van der Waals surface area contributed by atoms with Crippen LogP contribution in [0.4, 0.5) is 11.6 Å². The van der Waals surface area contributed by atoms with Gasteiger partial charge in [0.15, 0.2) is 5.82 Å². The summed E-state index contributed by atoms with van der Waals surface area (Å²) in [5.74, 6) is 3.00. The minimum Gasteiger partial charge on any atom is -0.465 e. The van der Waals surface area contributed by atoms with Gasteiger partial charge in [-0.3, -0.25) is 9.69 Å². The van der Waals surface area contributed by atoms with Crippen LogP contribution in [-0.4, -0.2) is 68.6 Å². The van der Waals surface area contributed by atoms with Gasteiger partial charge < -0.3 is 15.4 Å². The summed E-state index contributed by atoms with van der Waals surface area (Å²) in [7, 11) is 0. The summed E-state index contributed by atoms with van der Waals surface area (Å²) in [6.07, 6.45) is 4.07. The number of pyridine rings is 1. The monoisotopic (exact) mass is 536 g/mol. The number of nitrogens with zero attached hydrogens (tertiary/aromatic N) is 6. The van der Waals surface area contributed by atoms with Crippen LogP contribution >= 0.6 is 0 Å². The third kappa shape index (κ3) is 6.47. The zero-order chi connectivity index (χ0) is 27.3. The Balaban J connectivity index is 1.00. The van der Waals surface area contributed by atoms with Crippen LogP contribution in [-0.2, 0) is 22.5 Å². The number of rotatable bonds is 10. The fourth-order valence-corrected chi connectivity index (χ4v) is 4.74. The van der Waals surface area contributed by atoms with E-state index in [1.54, 1.807) is 18.5 Å². The van der Waals surface area contributed by atoms with Gasteiger partial charge in [0.25, 0.3) is 0 Å². The number of carbonyl (C=O) groups is 1. The number of hydrogen-bond acceptors (Lipinski definition) is 10. The quantitative estimate of drug-likeness (QED) is 0.293. The fraction of sp³-hybridized carbons (Fsp3) is 0.333. The lowest BCUT2D eigenvalue weighted by atomic mass is 9.98. The first-order valence-electron chi connectivity index (χ1n) is 13.6. The van der Waals surface area contributed by atoms with Gasteiger partial charge >= 0.3 is 5.97 Å². The number of benzene rings is 1. The van der Waals surface area contributed by atoms with Crippen molar-refractivity contribution in [2.24, 2.45) is 11.8 Å².